The molecule has 0 spiro atoms. The molecule has 0 aliphatic heterocycles. The zero-order valence-electron chi connectivity index (χ0n) is 12.6. The van der Waals surface area contributed by atoms with Crippen LogP contribution in [0.15, 0.2) is 72.9 Å². The van der Waals surface area contributed by atoms with Crippen LogP contribution in [0.1, 0.15) is 11.1 Å². The maximum Gasteiger partial charge on any atom is 0.126 e. The Bertz CT molecular complexity index is 762. The summed E-state index contributed by atoms with van der Waals surface area (Å²) in [4.78, 5) is 4.25. The van der Waals surface area contributed by atoms with E-state index in [1.54, 1.807) is 6.20 Å². The average molecular weight is 325 g/mol. The molecule has 0 saturated heterocycles. The molecule has 1 N–H and O–H groups in total. The van der Waals surface area contributed by atoms with Gasteiger partial charge in [-0.3, -0.25) is 0 Å². The van der Waals surface area contributed by atoms with Crippen molar-refractivity contribution in [3.8, 4) is 5.75 Å². The van der Waals surface area contributed by atoms with Crippen LogP contribution >= 0.6 is 11.6 Å². The number of anilines is 1. The highest BCUT2D eigenvalue weighted by Crippen LogP contribution is 2.17. The molecule has 0 atom stereocenters. The van der Waals surface area contributed by atoms with Crippen molar-refractivity contribution in [1.29, 1.82) is 0 Å². The van der Waals surface area contributed by atoms with E-state index in [1.807, 2.05) is 60.7 Å². The van der Waals surface area contributed by atoms with Crippen molar-refractivity contribution in [2.24, 2.45) is 0 Å². The van der Waals surface area contributed by atoms with Crippen LogP contribution in [0.2, 0.25) is 5.02 Å². The van der Waals surface area contributed by atoms with Gasteiger partial charge in [0.05, 0.1) is 0 Å². The second-order valence-electron chi connectivity index (χ2n) is 5.13. The lowest BCUT2D eigenvalue weighted by atomic mass is 10.2. The third kappa shape index (κ3) is 4.73. The molecule has 0 amide bonds. The molecule has 3 rings (SSSR count). The van der Waals surface area contributed by atoms with E-state index in [4.69, 9.17) is 16.3 Å². The minimum atomic E-state index is 0.498. The van der Waals surface area contributed by atoms with Crippen molar-refractivity contribution in [2.75, 3.05) is 5.32 Å². The highest BCUT2D eigenvalue weighted by molar-refractivity contribution is 6.30. The molecule has 4 heteroatoms. The summed E-state index contributed by atoms with van der Waals surface area (Å²) in [5.74, 6) is 1.70. The molecule has 23 heavy (non-hydrogen) atoms. The minimum Gasteiger partial charge on any atom is -0.489 e. The van der Waals surface area contributed by atoms with Crippen LogP contribution in [0.4, 0.5) is 5.82 Å². The molecule has 0 radical (unpaired) electrons. The van der Waals surface area contributed by atoms with E-state index in [-0.39, 0.29) is 0 Å². The van der Waals surface area contributed by atoms with E-state index in [9.17, 15) is 0 Å². The number of rotatable bonds is 6. The Morgan fingerprint density at radius 2 is 1.78 bits per heavy atom. The first-order valence-corrected chi connectivity index (χ1v) is 7.78. The van der Waals surface area contributed by atoms with Gasteiger partial charge in [-0.25, -0.2) is 4.98 Å². The molecule has 3 nitrogen and oxygen atoms in total. The summed E-state index contributed by atoms with van der Waals surface area (Å²) in [7, 11) is 0. The summed E-state index contributed by atoms with van der Waals surface area (Å²) in [5.41, 5.74) is 2.19. The number of ether oxygens (including phenoxy) is 1. The third-order valence-electron chi connectivity index (χ3n) is 3.33. The number of halogens is 1. The predicted molar refractivity (Wildman–Crippen MR) is 93.8 cm³/mol. The van der Waals surface area contributed by atoms with Crippen molar-refractivity contribution in [3.63, 3.8) is 0 Å². The lowest BCUT2D eigenvalue weighted by Crippen LogP contribution is -2.01. The molecule has 0 bridgehead atoms. The van der Waals surface area contributed by atoms with E-state index in [0.29, 0.717) is 13.2 Å². The van der Waals surface area contributed by atoms with Gasteiger partial charge in [-0.05, 0) is 47.5 Å². The average Bonchev–Trinajstić information content (AvgIpc) is 2.60. The van der Waals surface area contributed by atoms with Crippen molar-refractivity contribution in [1.82, 2.24) is 4.98 Å². The fraction of sp³-hybridized carbons (Fsp3) is 0.105. The summed E-state index contributed by atoms with van der Waals surface area (Å²) in [6, 6.07) is 21.5. The Morgan fingerprint density at radius 3 is 2.61 bits per heavy atom. The Labute approximate surface area is 140 Å². The molecule has 3 aromatic rings. The normalized spacial score (nSPS) is 10.3. The molecule has 0 aliphatic rings. The van der Waals surface area contributed by atoms with E-state index < -0.39 is 0 Å². The molecule has 1 heterocycles. The van der Waals surface area contributed by atoms with Crippen LogP contribution in [0, 0.1) is 0 Å². The standard InChI is InChI=1S/C19H17ClN2O/c20-17-7-3-6-16(11-17)14-23-18-8-4-5-15(12-18)13-22-19-9-1-2-10-21-19/h1-12H,13-14H2,(H,21,22). The van der Waals surface area contributed by atoms with Crippen LogP contribution in [0.5, 0.6) is 5.75 Å². The van der Waals surface area contributed by atoms with Gasteiger partial charge in [0.2, 0.25) is 0 Å². The first-order valence-electron chi connectivity index (χ1n) is 7.41. The van der Waals surface area contributed by atoms with Crippen LogP contribution < -0.4 is 10.1 Å². The Kier molecular flexibility index (Phi) is 5.12. The highest BCUT2D eigenvalue weighted by Gasteiger charge is 2.00. The van der Waals surface area contributed by atoms with Gasteiger partial charge in [-0.2, -0.15) is 0 Å². The van der Waals surface area contributed by atoms with Crippen LogP contribution in [0.25, 0.3) is 0 Å². The lowest BCUT2D eigenvalue weighted by molar-refractivity contribution is 0.306. The molecule has 0 fully saturated rings. The van der Waals surface area contributed by atoms with Gasteiger partial charge in [0, 0.05) is 17.8 Å². The number of hydrogen-bond acceptors (Lipinski definition) is 3. The summed E-state index contributed by atoms with van der Waals surface area (Å²) in [6.45, 7) is 1.20. The third-order valence-corrected chi connectivity index (χ3v) is 3.57. The van der Waals surface area contributed by atoms with Crippen LogP contribution in [0.3, 0.4) is 0 Å². The fourth-order valence-corrected chi connectivity index (χ4v) is 2.41. The Balaban J connectivity index is 1.59. The van der Waals surface area contributed by atoms with E-state index >= 15 is 0 Å². The van der Waals surface area contributed by atoms with Gasteiger partial charge < -0.3 is 10.1 Å². The number of nitrogens with zero attached hydrogens (tertiary/aromatic N) is 1. The molecule has 0 unspecified atom stereocenters. The second kappa shape index (κ2) is 7.65. The van der Waals surface area contributed by atoms with Gasteiger partial charge in [0.1, 0.15) is 18.2 Å². The van der Waals surface area contributed by atoms with E-state index in [2.05, 4.69) is 16.4 Å². The van der Waals surface area contributed by atoms with Gasteiger partial charge in [-0.1, -0.05) is 41.9 Å². The first-order chi connectivity index (χ1) is 11.3. The zero-order valence-corrected chi connectivity index (χ0v) is 13.3. The highest BCUT2D eigenvalue weighted by atomic mass is 35.5. The number of benzene rings is 2. The zero-order chi connectivity index (χ0) is 15.9. The smallest absolute Gasteiger partial charge is 0.126 e. The number of aromatic nitrogens is 1. The first kappa shape index (κ1) is 15.4. The van der Waals surface area contributed by atoms with E-state index in [1.165, 1.54) is 0 Å². The predicted octanol–water partition coefficient (Wildman–Crippen LogP) is 4.93. The molecule has 0 aliphatic carbocycles. The van der Waals surface area contributed by atoms with Gasteiger partial charge in [0.15, 0.2) is 0 Å². The number of pyridine rings is 1. The molecular formula is C19H17ClN2O. The molecule has 116 valence electrons. The maximum atomic E-state index is 5.98. The van der Waals surface area contributed by atoms with E-state index in [0.717, 1.165) is 27.7 Å². The number of nitrogens with one attached hydrogen (secondary N) is 1. The summed E-state index contributed by atoms with van der Waals surface area (Å²) in [6.07, 6.45) is 1.77. The SMILES string of the molecule is Clc1cccc(COc2cccc(CNc3ccccn3)c2)c1. The molecular weight excluding hydrogens is 308 g/mol. The lowest BCUT2D eigenvalue weighted by Gasteiger charge is -2.09. The second-order valence-corrected chi connectivity index (χ2v) is 5.57. The minimum absolute atomic E-state index is 0.498. The van der Waals surface area contributed by atoms with Crippen LogP contribution in [-0.4, -0.2) is 4.98 Å². The van der Waals surface area contributed by atoms with Crippen molar-refractivity contribution in [2.45, 2.75) is 13.2 Å². The number of hydrogen-bond donors (Lipinski definition) is 1. The quantitative estimate of drug-likeness (QED) is 0.698. The summed E-state index contributed by atoms with van der Waals surface area (Å²) in [5, 5.41) is 4.01. The largest absolute Gasteiger partial charge is 0.489 e. The monoisotopic (exact) mass is 324 g/mol. The van der Waals surface area contributed by atoms with Gasteiger partial charge in [-0.15, -0.1) is 0 Å². The van der Waals surface area contributed by atoms with Gasteiger partial charge >= 0.3 is 0 Å². The Morgan fingerprint density at radius 1 is 0.913 bits per heavy atom. The summed E-state index contributed by atoms with van der Waals surface area (Å²) >= 11 is 5.98. The molecule has 1 aromatic heterocycles. The van der Waals surface area contributed by atoms with Crippen molar-refractivity contribution < 1.29 is 4.74 Å². The van der Waals surface area contributed by atoms with Gasteiger partial charge in [0.25, 0.3) is 0 Å². The summed E-state index contributed by atoms with van der Waals surface area (Å²) < 4.78 is 5.84. The maximum absolute atomic E-state index is 5.98. The Hall–Kier alpha value is -2.52. The fourth-order valence-electron chi connectivity index (χ4n) is 2.20. The van der Waals surface area contributed by atoms with Crippen molar-refractivity contribution in [3.05, 3.63) is 89.1 Å². The molecule has 2 aromatic carbocycles. The topological polar surface area (TPSA) is 34.1 Å². The molecule has 0 saturated carbocycles. The van der Waals surface area contributed by atoms with Crippen molar-refractivity contribution >= 4 is 17.4 Å². The van der Waals surface area contributed by atoms with Crippen LogP contribution in [-0.2, 0) is 13.2 Å².